The van der Waals surface area contributed by atoms with Gasteiger partial charge in [-0.15, -0.1) is 6.58 Å². The molecule has 0 atom stereocenters. The van der Waals surface area contributed by atoms with Gasteiger partial charge in [-0.3, -0.25) is 14.9 Å². The lowest BCUT2D eigenvalue weighted by molar-refractivity contribution is -0.124. The van der Waals surface area contributed by atoms with Gasteiger partial charge in [0.1, 0.15) is 5.82 Å². The average Bonchev–Trinajstić information content (AvgIpc) is 3.17. The Labute approximate surface area is 196 Å². The highest BCUT2D eigenvalue weighted by molar-refractivity contribution is 5.91. The van der Waals surface area contributed by atoms with Gasteiger partial charge in [0.25, 0.3) is 5.91 Å². The average molecular weight is 447 g/mol. The number of imidazole rings is 1. The Morgan fingerprint density at radius 3 is 2.73 bits per heavy atom. The highest BCUT2D eigenvalue weighted by atomic mass is 16.5. The molecule has 0 bridgehead atoms. The van der Waals surface area contributed by atoms with Crippen LogP contribution in [-0.4, -0.2) is 38.7 Å². The second-order valence-corrected chi connectivity index (χ2v) is 7.52. The molecule has 0 fully saturated rings. The quantitative estimate of drug-likeness (QED) is 0.105. The fourth-order valence-corrected chi connectivity index (χ4v) is 3.52. The Hall–Kier alpha value is -3.48. The third-order valence-electron chi connectivity index (χ3n) is 5.14. The van der Waals surface area contributed by atoms with Gasteiger partial charge in [0.05, 0.1) is 17.6 Å². The summed E-state index contributed by atoms with van der Waals surface area (Å²) in [7, 11) is 0. The van der Waals surface area contributed by atoms with E-state index in [4.69, 9.17) is 10.2 Å². The normalized spacial score (nSPS) is 12.2. The summed E-state index contributed by atoms with van der Waals surface area (Å²) in [5.41, 5.74) is 5.44. The lowest BCUT2D eigenvalue weighted by Crippen LogP contribution is -2.27. The summed E-state index contributed by atoms with van der Waals surface area (Å²) < 4.78 is 2.21. The fourth-order valence-electron chi connectivity index (χ4n) is 3.52. The van der Waals surface area contributed by atoms with Crippen LogP contribution in [0.1, 0.15) is 31.2 Å². The number of fused-ring (bicyclic) bond motifs is 1. The van der Waals surface area contributed by atoms with Crippen molar-refractivity contribution in [2.24, 2.45) is 0 Å². The molecule has 1 amide bonds. The number of aromatic nitrogens is 2. The third kappa shape index (κ3) is 7.86. The molecule has 6 heteroatoms. The van der Waals surface area contributed by atoms with Gasteiger partial charge in [-0.25, -0.2) is 10.5 Å². The van der Waals surface area contributed by atoms with Gasteiger partial charge in [-0.2, -0.15) is 0 Å². The number of amides is 1. The van der Waals surface area contributed by atoms with Crippen LogP contribution in [0.2, 0.25) is 0 Å². The molecule has 2 rings (SSSR count). The predicted molar refractivity (Wildman–Crippen MR) is 137 cm³/mol. The molecule has 0 saturated carbocycles. The second kappa shape index (κ2) is 13.8. The number of hydroxylamine groups is 1. The summed E-state index contributed by atoms with van der Waals surface area (Å²) in [5.74, 6) is 0.403. The zero-order valence-electron chi connectivity index (χ0n) is 19.4. The summed E-state index contributed by atoms with van der Waals surface area (Å²) in [6.07, 6.45) is 16.8. The lowest BCUT2D eigenvalue weighted by atomic mass is 10.2. The minimum atomic E-state index is -0.572. The van der Waals surface area contributed by atoms with E-state index in [1.807, 2.05) is 36.4 Å². The van der Waals surface area contributed by atoms with Crippen LogP contribution in [0.4, 0.5) is 0 Å². The number of rotatable bonds is 14. The summed E-state index contributed by atoms with van der Waals surface area (Å²) in [5, 5.41) is 8.66. The first-order valence-electron chi connectivity index (χ1n) is 11.1. The highest BCUT2D eigenvalue weighted by Crippen LogP contribution is 2.20. The molecule has 0 aliphatic rings. The summed E-state index contributed by atoms with van der Waals surface area (Å²) >= 11 is 0. The van der Waals surface area contributed by atoms with Crippen molar-refractivity contribution in [3.63, 3.8) is 0 Å². The maximum Gasteiger partial charge on any atom is 0.267 e. The van der Waals surface area contributed by atoms with E-state index in [-0.39, 0.29) is 0 Å². The van der Waals surface area contributed by atoms with E-state index < -0.39 is 5.91 Å². The van der Waals surface area contributed by atoms with Gasteiger partial charge in [-0.05, 0) is 49.1 Å². The molecule has 0 spiro atoms. The maximum atomic E-state index is 11.3. The zero-order chi connectivity index (χ0) is 24.1. The van der Waals surface area contributed by atoms with Crippen molar-refractivity contribution in [1.82, 2.24) is 19.9 Å². The van der Waals surface area contributed by atoms with E-state index in [9.17, 15) is 4.79 Å². The molecule has 2 aromatic rings. The van der Waals surface area contributed by atoms with Crippen LogP contribution >= 0.6 is 0 Å². The molecule has 1 heterocycles. The predicted octanol–water partition coefficient (Wildman–Crippen LogP) is 5.20. The van der Waals surface area contributed by atoms with E-state index in [0.29, 0.717) is 6.54 Å². The molecule has 1 aromatic carbocycles. The molecule has 6 nitrogen and oxygen atoms in total. The van der Waals surface area contributed by atoms with Gasteiger partial charge in [-0.1, -0.05) is 55.7 Å². The van der Waals surface area contributed by atoms with Crippen LogP contribution in [-0.2, 0) is 17.9 Å². The maximum absolute atomic E-state index is 11.3. The number of nitrogens with zero attached hydrogens (tertiary/aromatic N) is 3. The molecule has 0 aliphatic carbocycles. The van der Waals surface area contributed by atoms with Crippen LogP contribution in [0.3, 0.4) is 0 Å². The smallest absolute Gasteiger partial charge is 0.267 e. The van der Waals surface area contributed by atoms with Crippen molar-refractivity contribution >= 4 is 23.0 Å². The lowest BCUT2D eigenvalue weighted by Gasteiger charge is -2.21. The number of hydrogen-bond acceptors (Lipinski definition) is 4. The summed E-state index contributed by atoms with van der Waals surface area (Å²) in [6, 6.07) is 5.89. The first-order valence-corrected chi connectivity index (χ1v) is 11.1. The summed E-state index contributed by atoms with van der Waals surface area (Å²) in [6.45, 7) is 16.6. The Balaban J connectivity index is 2.32. The van der Waals surface area contributed by atoms with E-state index in [1.54, 1.807) is 17.6 Å². The Morgan fingerprint density at radius 1 is 1.24 bits per heavy atom. The third-order valence-corrected chi connectivity index (χ3v) is 5.14. The van der Waals surface area contributed by atoms with Crippen molar-refractivity contribution in [2.75, 3.05) is 13.1 Å². The van der Waals surface area contributed by atoms with E-state index in [0.717, 1.165) is 60.5 Å². The van der Waals surface area contributed by atoms with E-state index in [2.05, 4.69) is 48.3 Å². The number of allylic oxidation sites excluding steroid dienone is 4. The molecule has 0 radical (unpaired) electrons. The standard InChI is InChI=1S/C27H34N4O2/c1-5-9-10-11-12-18-30(20-22(7-3)13-6-2)21-26-28-24-19-23(15-17-27(32)29-33)14-16-25(24)31(26)8-4/h5-7,11-17,19,33H,1-3,8-10,18,20-21H2,4H3,(H,29,32)/b12-11+,17-15+,22-13+. The highest BCUT2D eigenvalue weighted by Gasteiger charge is 2.14. The van der Waals surface area contributed by atoms with Crippen LogP contribution in [0.5, 0.6) is 0 Å². The molecule has 0 unspecified atom stereocenters. The first kappa shape index (κ1) is 25.8. The first-order chi connectivity index (χ1) is 16.1. The number of carbonyl (C=O) groups is 1. The minimum Gasteiger partial charge on any atom is -0.327 e. The molecule has 33 heavy (non-hydrogen) atoms. The van der Waals surface area contributed by atoms with Crippen molar-refractivity contribution in [3.05, 3.63) is 97.4 Å². The largest absolute Gasteiger partial charge is 0.327 e. The molecule has 0 saturated heterocycles. The number of carbonyl (C=O) groups excluding carboxylic acids is 1. The molecular formula is C27H34N4O2. The molecule has 2 N–H and O–H groups in total. The molecule has 1 aromatic heterocycles. The van der Waals surface area contributed by atoms with Crippen molar-refractivity contribution in [1.29, 1.82) is 0 Å². The molecule has 0 aliphatic heterocycles. The Morgan fingerprint density at radius 2 is 2.06 bits per heavy atom. The topological polar surface area (TPSA) is 70.4 Å². The van der Waals surface area contributed by atoms with Crippen LogP contribution in [0.25, 0.3) is 17.1 Å². The van der Waals surface area contributed by atoms with Gasteiger partial charge in [0.15, 0.2) is 0 Å². The monoisotopic (exact) mass is 446 g/mol. The number of nitrogens with one attached hydrogen (secondary N) is 1. The van der Waals surface area contributed by atoms with E-state index in [1.165, 1.54) is 6.08 Å². The Bertz CT molecular complexity index is 1060. The molecule has 174 valence electrons. The number of aryl methyl sites for hydroxylation is 1. The minimum absolute atomic E-state index is 0.572. The van der Waals surface area contributed by atoms with Crippen molar-refractivity contribution in [3.8, 4) is 0 Å². The van der Waals surface area contributed by atoms with Crippen molar-refractivity contribution in [2.45, 2.75) is 32.9 Å². The van der Waals surface area contributed by atoms with Crippen molar-refractivity contribution < 1.29 is 10.0 Å². The number of benzene rings is 1. The van der Waals surface area contributed by atoms with E-state index >= 15 is 0 Å². The molecular weight excluding hydrogens is 412 g/mol. The number of unbranched alkanes of at least 4 members (excludes halogenated alkanes) is 1. The van der Waals surface area contributed by atoms with Crippen LogP contribution in [0, 0.1) is 0 Å². The van der Waals surface area contributed by atoms with Gasteiger partial charge < -0.3 is 4.57 Å². The SMILES string of the molecule is C=C/C=C(\C=C)CN(C/C=C/CCC=C)Cc1nc2cc(/C=C/C(=O)NO)ccc2n1CC. The Kier molecular flexibility index (Phi) is 10.8. The van der Waals surface area contributed by atoms with Gasteiger partial charge in [0, 0.05) is 25.7 Å². The van der Waals surface area contributed by atoms with Crippen LogP contribution < -0.4 is 5.48 Å². The summed E-state index contributed by atoms with van der Waals surface area (Å²) in [4.78, 5) is 18.5. The fraction of sp³-hybridized carbons (Fsp3) is 0.259. The van der Waals surface area contributed by atoms with Gasteiger partial charge in [0.2, 0.25) is 0 Å². The number of hydrogen-bond donors (Lipinski definition) is 2. The zero-order valence-corrected chi connectivity index (χ0v) is 19.4. The van der Waals surface area contributed by atoms with Crippen LogP contribution in [0.15, 0.2) is 86.0 Å². The second-order valence-electron chi connectivity index (χ2n) is 7.52. The van der Waals surface area contributed by atoms with Gasteiger partial charge >= 0.3 is 0 Å².